The summed E-state index contributed by atoms with van der Waals surface area (Å²) >= 11 is 2.06. The van der Waals surface area contributed by atoms with Gasteiger partial charge in [-0.25, -0.2) is 4.98 Å². The van der Waals surface area contributed by atoms with Crippen LogP contribution in [-0.4, -0.2) is 21.1 Å². The van der Waals surface area contributed by atoms with Crippen LogP contribution in [-0.2, 0) is 0 Å². The van der Waals surface area contributed by atoms with E-state index in [-0.39, 0.29) is 0 Å². The fraction of sp³-hybridized carbons (Fsp3) is 0.462. The van der Waals surface area contributed by atoms with Crippen LogP contribution in [0.4, 0.5) is 5.69 Å². The molecule has 0 saturated carbocycles. The van der Waals surface area contributed by atoms with Crippen LogP contribution in [0.25, 0.3) is 11.0 Å². The van der Waals surface area contributed by atoms with Crippen molar-refractivity contribution >= 4 is 28.5 Å². The lowest BCUT2D eigenvalue weighted by Crippen LogP contribution is -2.16. The first-order valence-corrected chi connectivity index (χ1v) is 7.23. The quantitative estimate of drug-likeness (QED) is 0.788. The van der Waals surface area contributed by atoms with E-state index in [0.29, 0.717) is 6.04 Å². The molecular weight excluding hydrogens is 230 g/mol. The van der Waals surface area contributed by atoms with Crippen molar-refractivity contribution < 1.29 is 0 Å². The number of rotatable bonds is 1. The van der Waals surface area contributed by atoms with Crippen molar-refractivity contribution in [3.63, 3.8) is 0 Å². The van der Waals surface area contributed by atoms with Crippen LogP contribution in [0.15, 0.2) is 18.2 Å². The number of hydrogen-bond donors (Lipinski definition) is 1. The molecule has 4 heteroatoms. The van der Waals surface area contributed by atoms with E-state index in [1.807, 2.05) is 12.1 Å². The standard InChI is InChI=1S/C13H17N3S/c1-9-15-12-8-10(14)2-3-13(12)16(9)11-4-6-17-7-5-11/h2-3,8,11H,4-7,14H2,1H3. The Balaban J connectivity index is 2.11. The third-order valence-corrected chi connectivity index (χ3v) is 4.49. The minimum absolute atomic E-state index is 0.616. The van der Waals surface area contributed by atoms with Gasteiger partial charge in [-0.05, 0) is 49.5 Å². The molecule has 1 aliphatic heterocycles. The smallest absolute Gasteiger partial charge is 0.106 e. The van der Waals surface area contributed by atoms with E-state index in [0.717, 1.165) is 17.0 Å². The molecule has 0 unspecified atom stereocenters. The number of aromatic nitrogens is 2. The maximum Gasteiger partial charge on any atom is 0.106 e. The highest BCUT2D eigenvalue weighted by Crippen LogP contribution is 2.31. The first-order chi connectivity index (χ1) is 8.25. The summed E-state index contributed by atoms with van der Waals surface area (Å²) in [6, 6.07) is 6.66. The summed E-state index contributed by atoms with van der Waals surface area (Å²) in [4.78, 5) is 4.63. The van der Waals surface area contributed by atoms with Gasteiger partial charge in [0.1, 0.15) is 5.82 Å². The topological polar surface area (TPSA) is 43.8 Å². The van der Waals surface area contributed by atoms with Gasteiger partial charge in [0.2, 0.25) is 0 Å². The predicted molar refractivity (Wildman–Crippen MR) is 74.5 cm³/mol. The summed E-state index contributed by atoms with van der Waals surface area (Å²) in [5.74, 6) is 3.64. The summed E-state index contributed by atoms with van der Waals surface area (Å²) in [6.07, 6.45) is 2.50. The summed E-state index contributed by atoms with van der Waals surface area (Å²) < 4.78 is 2.40. The Bertz CT molecular complexity index is 541. The largest absolute Gasteiger partial charge is 0.399 e. The Kier molecular flexibility index (Phi) is 2.74. The zero-order valence-electron chi connectivity index (χ0n) is 10.0. The molecule has 1 saturated heterocycles. The lowest BCUT2D eigenvalue weighted by molar-refractivity contribution is 0.471. The summed E-state index contributed by atoms with van der Waals surface area (Å²) in [6.45, 7) is 2.10. The van der Waals surface area contributed by atoms with Crippen LogP contribution in [0.1, 0.15) is 24.7 Å². The van der Waals surface area contributed by atoms with Crippen molar-refractivity contribution in [3.05, 3.63) is 24.0 Å². The van der Waals surface area contributed by atoms with Crippen LogP contribution in [0.5, 0.6) is 0 Å². The van der Waals surface area contributed by atoms with Crippen LogP contribution in [0.3, 0.4) is 0 Å². The molecule has 1 aliphatic rings. The molecule has 2 N–H and O–H groups in total. The number of thioether (sulfide) groups is 1. The Labute approximate surface area is 105 Å². The molecule has 2 aromatic rings. The lowest BCUT2D eigenvalue weighted by atomic mass is 10.1. The molecule has 0 atom stereocenters. The van der Waals surface area contributed by atoms with Crippen molar-refractivity contribution in [2.45, 2.75) is 25.8 Å². The molecule has 17 heavy (non-hydrogen) atoms. The zero-order valence-corrected chi connectivity index (χ0v) is 10.8. The van der Waals surface area contributed by atoms with Crippen molar-refractivity contribution in [2.75, 3.05) is 17.2 Å². The van der Waals surface area contributed by atoms with E-state index in [1.54, 1.807) is 0 Å². The number of imidazole rings is 1. The predicted octanol–water partition coefficient (Wildman–Crippen LogP) is 3.00. The van der Waals surface area contributed by atoms with E-state index in [1.165, 1.54) is 29.9 Å². The molecule has 1 aromatic carbocycles. The first kappa shape index (κ1) is 11.0. The molecule has 90 valence electrons. The highest BCUT2D eigenvalue weighted by Gasteiger charge is 2.19. The van der Waals surface area contributed by atoms with Crippen LogP contribution >= 0.6 is 11.8 Å². The Hall–Kier alpha value is -1.16. The second kappa shape index (κ2) is 4.26. The first-order valence-electron chi connectivity index (χ1n) is 6.07. The number of nitrogens with zero attached hydrogens (tertiary/aromatic N) is 2. The second-order valence-electron chi connectivity index (χ2n) is 4.62. The van der Waals surface area contributed by atoms with Crippen molar-refractivity contribution in [3.8, 4) is 0 Å². The van der Waals surface area contributed by atoms with Crippen LogP contribution in [0.2, 0.25) is 0 Å². The van der Waals surface area contributed by atoms with Gasteiger partial charge in [-0.3, -0.25) is 0 Å². The third kappa shape index (κ3) is 1.90. The van der Waals surface area contributed by atoms with E-state index >= 15 is 0 Å². The average Bonchev–Trinajstić information content (AvgIpc) is 2.65. The van der Waals surface area contributed by atoms with E-state index in [2.05, 4.69) is 34.3 Å². The number of nitrogens with two attached hydrogens (primary N) is 1. The fourth-order valence-electron chi connectivity index (χ4n) is 2.64. The van der Waals surface area contributed by atoms with Gasteiger partial charge in [-0.15, -0.1) is 0 Å². The van der Waals surface area contributed by atoms with Gasteiger partial charge in [-0.1, -0.05) is 0 Å². The SMILES string of the molecule is Cc1nc2cc(N)ccc2n1C1CCSCC1. The van der Waals surface area contributed by atoms with Gasteiger partial charge in [0.25, 0.3) is 0 Å². The number of fused-ring (bicyclic) bond motifs is 1. The molecular formula is C13H17N3S. The second-order valence-corrected chi connectivity index (χ2v) is 5.85. The molecule has 3 rings (SSSR count). The Morgan fingerprint density at radius 2 is 2.12 bits per heavy atom. The fourth-order valence-corrected chi connectivity index (χ4v) is 3.72. The number of aryl methyl sites for hydroxylation is 1. The van der Waals surface area contributed by atoms with Crippen molar-refractivity contribution in [2.24, 2.45) is 0 Å². The van der Waals surface area contributed by atoms with Crippen molar-refractivity contribution in [1.82, 2.24) is 9.55 Å². The number of hydrogen-bond acceptors (Lipinski definition) is 3. The van der Waals surface area contributed by atoms with Gasteiger partial charge in [0.05, 0.1) is 11.0 Å². The maximum absolute atomic E-state index is 5.81. The number of anilines is 1. The maximum atomic E-state index is 5.81. The normalized spacial score (nSPS) is 17.7. The van der Waals surface area contributed by atoms with Gasteiger partial charge in [0.15, 0.2) is 0 Å². The van der Waals surface area contributed by atoms with Gasteiger partial charge < -0.3 is 10.3 Å². The Morgan fingerprint density at radius 1 is 1.35 bits per heavy atom. The molecule has 1 aromatic heterocycles. The monoisotopic (exact) mass is 247 g/mol. The minimum Gasteiger partial charge on any atom is -0.399 e. The van der Waals surface area contributed by atoms with Crippen LogP contribution < -0.4 is 5.73 Å². The van der Waals surface area contributed by atoms with Crippen LogP contribution in [0, 0.1) is 6.92 Å². The minimum atomic E-state index is 0.616. The molecule has 0 bridgehead atoms. The molecule has 0 amide bonds. The highest BCUT2D eigenvalue weighted by atomic mass is 32.2. The average molecular weight is 247 g/mol. The number of benzene rings is 1. The molecule has 2 heterocycles. The summed E-state index contributed by atoms with van der Waals surface area (Å²) in [5.41, 5.74) is 8.86. The number of nitrogen functional groups attached to an aromatic ring is 1. The van der Waals surface area contributed by atoms with Crippen molar-refractivity contribution in [1.29, 1.82) is 0 Å². The van der Waals surface area contributed by atoms with E-state index < -0.39 is 0 Å². The van der Waals surface area contributed by atoms with Gasteiger partial charge >= 0.3 is 0 Å². The molecule has 0 aliphatic carbocycles. The van der Waals surface area contributed by atoms with E-state index in [4.69, 9.17) is 5.73 Å². The summed E-state index contributed by atoms with van der Waals surface area (Å²) in [5, 5.41) is 0. The molecule has 0 spiro atoms. The lowest BCUT2D eigenvalue weighted by Gasteiger charge is -2.24. The van der Waals surface area contributed by atoms with Gasteiger partial charge in [-0.2, -0.15) is 11.8 Å². The molecule has 0 radical (unpaired) electrons. The van der Waals surface area contributed by atoms with Gasteiger partial charge in [0, 0.05) is 11.7 Å². The van der Waals surface area contributed by atoms with E-state index in [9.17, 15) is 0 Å². The molecule has 3 nitrogen and oxygen atoms in total. The zero-order chi connectivity index (χ0) is 11.8. The third-order valence-electron chi connectivity index (χ3n) is 3.45. The Morgan fingerprint density at radius 3 is 2.88 bits per heavy atom. The molecule has 1 fully saturated rings. The highest BCUT2D eigenvalue weighted by molar-refractivity contribution is 7.99. The summed E-state index contributed by atoms with van der Waals surface area (Å²) in [7, 11) is 0.